The standard InChI is InChI=1S/C18H20N2O4/c1-4-23-18(22)24-16-9-7-14(8-10-16)19-17(21)20-15-6-5-12(2)13(3)11-15/h5-11H,4H2,1-3H3,(H2,19,20,21). The highest BCUT2D eigenvalue weighted by atomic mass is 16.7. The Kier molecular flexibility index (Phi) is 5.78. The molecular weight excluding hydrogens is 308 g/mol. The zero-order valence-electron chi connectivity index (χ0n) is 13.9. The van der Waals surface area contributed by atoms with E-state index in [-0.39, 0.29) is 12.6 Å². The van der Waals surface area contributed by atoms with Gasteiger partial charge in [-0.3, -0.25) is 0 Å². The molecule has 0 saturated heterocycles. The number of carbonyl (C=O) groups excluding carboxylic acids is 2. The van der Waals surface area contributed by atoms with Crippen LogP contribution in [0.4, 0.5) is 21.0 Å². The van der Waals surface area contributed by atoms with Crippen molar-refractivity contribution in [1.82, 2.24) is 0 Å². The lowest BCUT2D eigenvalue weighted by molar-refractivity contribution is 0.104. The number of nitrogens with one attached hydrogen (secondary N) is 2. The Morgan fingerprint density at radius 1 is 0.917 bits per heavy atom. The monoisotopic (exact) mass is 328 g/mol. The van der Waals surface area contributed by atoms with Crippen LogP contribution >= 0.6 is 0 Å². The Labute approximate surface area is 140 Å². The summed E-state index contributed by atoms with van der Waals surface area (Å²) < 4.78 is 9.63. The number of benzene rings is 2. The Balaban J connectivity index is 1.91. The molecule has 0 aliphatic rings. The van der Waals surface area contributed by atoms with Gasteiger partial charge in [-0.05, 0) is 68.3 Å². The number of hydrogen-bond donors (Lipinski definition) is 2. The predicted molar refractivity (Wildman–Crippen MR) is 92.6 cm³/mol. The molecule has 0 unspecified atom stereocenters. The molecule has 0 aromatic heterocycles. The highest BCUT2D eigenvalue weighted by Crippen LogP contribution is 2.17. The van der Waals surface area contributed by atoms with E-state index in [1.165, 1.54) is 0 Å². The SMILES string of the molecule is CCOC(=O)Oc1ccc(NC(=O)Nc2ccc(C)c(C)c2)cc1. The first kappa shape index (κ1) is 17.3. The molecule has 2 N–H and O–H groups in total. The summed E-state index contributed by atoms with van der Waals surface area (Å²) in [4.78, 5) is 23.2. The van der Waals surface area contributed by atoms with Crippen LogP contribution in [0.15, 0.2) is 42.5 Å². The van der Waals surface area contributed by atoms with Crippen LogP contribution in [0, 0.1) is 13.8 Å². The Morgan fingerprint density at radius 2 is 1.54 bits per heavy atom. The van der Waals surface area contributed by atoms with Gasteiger partial charge in [0.15, 0.2) is 0 Å². The maximum Gasteiger partial charge on any atom is 0.513 e. The molecule has 0 bridgehead atoms. The Morgan fingerprint density at radius 3 is 2.17 bits per heavy atom. The van der Waals surface area contributed by atoms with Crippen LogP contribution in [0.3, 0.4) is 0 Å². The molecule has 0 fully saturated rings. The van der Waals surface area contributed by atoms with Gasteiger partial charge in [-0.1, -0.05) is 6.07 Å². The molecule has 0 spiro atoms. The van der Waals surface area contributed by atoms with Crippen molar-refractivity contribution in [1.29, 1.82) is 0 Å². The van der Waals surface area contributed by atoms with E-state index in [9.17, 15) is 9.59 Å². The van der Waals surface area contributed by atoms with Gasteiger partial charge in [0.1, 0.15) is 5.75 Å². The molecule has 0 aliphatic heterocycles. The van der Waals surface area contributed by atoms with Gasteiger partial charge < -0.3 is 20.1 Å². The number of urea groups is 1. The number of hydrogen-bond acceptors (Lipinski definition) is 4. The molecule has 126 valence electrons. The van der Waals surface area contributed by atoms with E-state index in [1.54, 1.807) is 31.2 Å². The quantitative estimate of drug-likeness (QED) is 0.641. The van der Waals surface area contributed by atoms with Crippen LogP contribution < -0.4 is 15.4 Å². The topological polar surface area (TPSA) is 76.7 Å². The lowest BCUT2D eigenvalue weighted by Crippen LogP contribution is -2.19. The van der Waals surface area contributed by atoms with Crippen molar-refractivity contribution in [3.63, 3.8) is 0 Å². The van der Waals surface area contributed by atoms with Crippen molar-refractivity contribution in [2.24, 2.45) is 0 Å². The number of aryl methyl sites for hydroxylation is 2. The maximum absolute atomic E-state index is 12.0. The summed E-state index contributed by atoms with van der Waals surface area (Å²) in [5.41, 5.74) is 3.57. The van der Waals surface area contributed by atoms with E-state index in [4.69, 9.17) is 4.74 Å². The van der Waals surface area contributed by atoms with Crippen LogP contribution in [0.2, 0.25) is 0 Å². The molecule has 6 nitrogen and oxygen atoms in total. The number of anilines is 2. The molecule has 2 aromatic carbocycles. The minimum Gasteiger partial charge on any atom is -0.434 e. The highest BCUT2D eigenvalue weighted by molar-refractivity contribution is 5.99. The summed E-state index contributed by atoms with van der Waals surface area (Å²) in [5.74, 6) is 0.341. The Bertz CT molecular complexity index is 726. The van der Waals surface area contributed by atoms with Crippen LogP contribution in [0.1, 0.15) is 18.1 Å². The lowest BCUT2D eigenvalue weighted by atomic mass is 10.1. The smallest absolute Gasteiger partial charge is 0.434 e. The molecular formula is C18H20N2O4. The average Bonchev–Trinajstić information content (AvgIpc) is 2.53. The summed E-state index contributed by atoms with van der Waals surface area (Å²) >= 11 is 0. The molecule has 6 heteroatoms. The molecule has 2 amide bonds. The van der Waals surface area contributed by atoms with E-state index in [0.717, 1.165) is 16.8 Å². The maximum atomic E-state index is 12.0. The first-order valence-corrected chi connectivity index (χ1v) is 7.58. The van der Waals surface area contributed by atoms with E-state index in [0.29, 0.717) is 11.4 Å². The fourth-order valence-electron chi connectivity index (χ4n) is 1.96. The minimum absolute atomic E-state index is 0.247. The molecule has 2 rings (SSSR count). The summed E-state index contributed by atoms with van der Waals surface area (Å²) in [5, 5.41) is 5.47. The first-order valence-electron chi connectivity index (χ1n) is 7.58. The summed E-state index contributed by atoms with van der Waals surface area (Å²) in [7, 11) is 0. The summed E-state index contributed by atoms with van der Waals surface area (Å²) in [6, 6.07) is 11.8. The van der Waals surface area contributed by atoms with Gasteiger partial charge in [-0.2, -0.15) is 0 Å². The largest absolute Gasteiger partial charge is 0.513 e. The third-order valence-electron chi connectivity index (χ3n) is 3.34. The third kappa shape index (κ3) is 5.01. The van der Waals surface area contributed by atoms with Crippen molar-refractivity contribution in [2.45, 2.75) is 20.8 Å². The number of amides is 2. The molecule has 24 heavy (non-hydrogen) atoms. The lowest BCUT2D eigenvalue weighted by Gasteiger charge is -2.10. The van der Waals surface area contributed by atoms with Crippen LogP contribution in [0.25, 0.3) is 0 Å². The van der Waals surface area contributed by atoms with Gasteiger partial charge >= 0.3 is 12.2 Å². The second kappa shape index (κ2) is 8.01. The van der Waals surface area contributed by atoms with Gasteiger partial charge in [-0.25, -0.2) is 9.59 Å². The van der Waals surface area contributed by atoms with Crippen LogP contribution in [0.5, 0.6) is 5.75 Å². The molecule has 0 atom stereocenters. The van der Waals surface area contributed by atoms with Crippen molar-refractivity contribution in [3.05, 3.63) is 53.6 Å². The number of rotatable bonds is 4. The van der Waals surface area contributed by atoms with Gasteiger partial charge in [0, 0.05) is 11.4 Å². The van der Waals surface area contributed by atoms with E-state index < -0.39 is 6.16 Å². The summed E-state index contributed by atoms with van der Waals surface area (Å²) in [6.07, 6.45) is -0.759. The third-order valence-corrected chi connectivity index (χ3v) is 3.34. The van der Waals surface area contributed by atoms with E-state index in [2.05, 4.69) is 15.4 Å². The fourth-order valence-corrected chi connectivity index (χ4v) is 1.96. The van der Waals surface area contributed by atoms with Crippen LogP contribution in [-0.4, -0.2) is 18.8 Å². The van der Waals surface area contributed by atoms with Crippen molar-refractivity contribution >= 4 is 23.6 Å². The van der Waals surface area contributed by atoms with Gasteiger partial charge in [-0.15, -0.1) is 0 Å². The average molecular weight is 328 g/mol. The van der Waals surface area contributed by atoms with Crippen molar-refractivity contribution in [2.75, 3.05) is 17.2 Å². The van der Waals surface area contributed by atoms with E-state index >= 15 is 0 Å². The summed E-state index contributed by atoms with van der Waals surface area (Å²) in [6.45, 7) is 5.94. The molecule has 2 aromatic rings. The first-order chi connectivity index (χ1) is 11.5. The van der Waals surface area contributed by atoms with Crippen LogP contribution in [-0.2, 0) is 4.74 Å². The van der Waals surface area contributed by atoms with Gasteiger partial charge in [0.05, 0.1) is 6.61 Å². The van der Waals surface area contributed by atoms with Crippen molar-refractivity contribution in [3.8, 4) is 5.75 Å². The zero-order valence-corrected chi connectivity index (χ0v) is 13.9. The number of carbonyl (C=O) groups is 2. The number of ether oxygens (including phenoxy) is 2. The highest BCUT2D eigenvalue weighted by Gasteiger charge is 2.06. The van der Waals surface area contributed by atoms with Crippen molar-refractivity contribution < 1.29 is 19.1 Å². The molecule has 0 saturated carbocycles. The Hall–Kier alpha value is -3.02. The normalized spacial score (nSPS) is 9.96. The second-order valence-corrected chi connectivity index (χ2v) is 5.19. The molecule has 0 heterocycles. The van der Waals surface area contributed by atoms with Gasteiger partial charge in [0.2, 0.25) is 0 Å². The molecule has 0 radical (unpaired) electrons. The fraction of sp³-hybridized carbons (Fsp3) is 0.222. The molecule has 0 aliphatic carbocycles. The predicted octanol–water partition coefficient (Wildman–Crippen LogP) is 4.48. The second-order valence-electron chi connectivity index (χ2n) is 5.19. The van der Waals surface area contributed by atoms with E-state index in [1.807, 2.05) is 32.0 Å². The minimum atomic E-state index is -0.759. The van der Waals surface area contributed by atoms with Gasteiger partial charge in [0.25, 0.3) is 0 Å². The zero-order chi connectivity index (χ0) is 17.5.